The number of hydrogen-bond donors (Lipinski definition) is 0. The first kappa shape index (κ1) is 14.1. The molecule has 0 heterocycles. The van der Waals surface area contributed by atoms with E-state index in [2.05, 4.69) is 0 Å². The third-order valence-corrected chi connectivity index (χ3v) is 2.23. The second-order valence-electron chi connectivity index (χ2n) is 3.22. The Morgan fingerprint density at radius 3 is 2.94 bits per heavy atom. The van der Waals surface area contributed by atoms with Crippen molar-refractivity contribution in [2.75, 3.05) is 13.2 Å². The van der Waals surface area contributed by atoms with Crippen molar-refractivity contribution in [1.82, 2.24) is 0 Å². The molecule has 0 atom stereocenters. The number of ether oxygens (including phenoxy) is 2. The van der Waals surface area contributed by atoms with Crippen LogP contribution in [0.15, 0.2) is 30.4 Å². The van der Waals surface area contributed by atoms with Gasteiger partial charge in [-0.1, -0.05) is 11.6 Å². The number of rotatable bonds is 5. The maximum atomic E-state index is 11.0. The van der Waals surface area contributed by atoms with Crippen LogP contribution in [0.3, 0.4) is 0 Å². The van der Waals surface area contributed by atoms with Gasteiger partial charge in [0.1, 0.15) is 12.4 Å². The predicted octanol–water partition coefficient (Wildman–Crippen LogP) is 2.71. The lowest BCUT2D eigenvalue weighted by molar-refractivity contribution is -0.137. The summed E-state index contributed by atoms with van der Waals surface area (Å²) >= 11 is 5.91. The van der Waals surface area contributed by atoms with Gasteiger partial charge in [0, 0.05) is 6.08 Å². The fourth-order valence-corrected chi connectivity index (χ4v) is 1.40. The van der Waals surface area contributed by atoms with Gasteiger partial charge in [0.2, 0.25) is 0 Å². The van der Waals surface area contributed by atoms with Crippen molar-refractivity contribution >= 4 is 17.6 Å². The first-order valence-electron chi connectivity index (χ1n) is 5.33. The van der Waals surface area contributed by atoms with Crippen molar-refractivity contribution < 1.29 is 14.3 Å². The Balaban J connectivity index is 2.50. The monoisotopic (exact) mass is 265 g/mol. The molecule has 0 radical (unpaired) electrons. The number of hydrogen-bond acceptors (Lipinski definition) is 4. The van der Waals surface area contributed by atoms with Crippen LogP contribution in [0.5, 0.6) is 5.75 Å². The zero-order valence-electron chi connectivity index (χ0n) is 9.85. The molecule has 0 saturated heterocycles. The molecule has 1 rings (SSSR count). The van der Waals surface area contributed by atoms with Crippen molar-refractivity contribution in [2.45, 2.75) is 6.92 Å². The molecule has 0 unspecified atom stereocenters. The number of nitriles is 1. The van der Waals surface area contributed by atoms with Crippen LogP contribution in [0.4, 0.5) is 0 Å². The van der Waals surface area contributed by atoms with Crippen molar-refractivity contribution in [2.24, 2.45) is 0 Å². The Hall–Kier alpha value is -1.99. The Morgan fingerprint density at radius 1 is 1.56 bits per heavy atom. The van der Waals surface area contributed by atoms with Gasteiger partial charge in [-0.25, -0.2) is 4.79 Å². The first-order valence-corrected chi connectivity index (χ1v) is 5.71. The molecule has 0 bridgehead atoms. The number of carbonyl (C=O) groups excluding carboxylic acids is 1. The highest BCUT2D eigenvalue weighted by molar-refractivity contribution is 6.32. The molecule has 0 aliphatic carbocycles. The van der Waals surface area contributed by atoms with E-state index in [1.54, 1.807) is 19.1 Å². The summed E-state index contributed by atoms with van der Waals surface area (Å²) in [6.45, 7) is 2.27. The SMILES string of the molecule is CCOC(=O)/C=C/COc1ccc(C#N)cc1Cl. The van der Waals surface area contributed by atoms with Crippen LogP contribution in [0.1, 0.15) is 12.5 Å². The molecule has 5 heteroatoms. The smallest absolute Gasteiger partial charge is 0.330 e. The van der Waals surface area contributed by atoms with Crippen LogP contribution in [0.25, 0.3) is 0 Å². The third-order valence-electron chi connectivity index (χ3n) is 1.94. The quantitative estimate of drug-likeness (QED) is 0.607. The van der Waals surface area contributed by atoms with E-state index in [4.69, 9.17) is 26.3 Å². The topological polar surface area (TPSA) is 59.3 Å². The van der Waals surface area contributed by atoms with Gasteiger partial charge in [0.05, 0.1) is 23.3 Å². The van der Waals surface area contributed by atoms with Crippen LogP contribution in [-0.4, -0.2) is 19.2 Å². The number of esters is 1. The van der Waals surface area contributed by atoms with Crippen molar-refractivity contribution in [1.29, 1.82) is 5.26 Å². The Labute approximate surface area is 110 Å². The number of benzene rings is 1. The minimum atomic E-state index is -0.410. The van der Waals surface area contributed by atoms with Crippen LogP contribution < -0.4 is 4.74 Å². The maximum Gasteiger partial charge on any atom is 0.330 e. The molecule has 0 fully saturated rings. The van der Waals surface area contributed by atoms with Crippen LogP contribution in [0.2, 0.25) is 5.02 Å². The van der Waals surface area contributed by atoms with E-state index in [0.717, 1.165) is 0 Å². The molecule has 0 N–H and O–H groups in total. The van der Waals surface area contributed by atoms with Gasteiger partial charge in [0.25, 0.3) is 0 Å². The van der Waals surface area contributed by atoms with Crippen LogP contribution in [-0.2, 0) is 9.53 Å². The second-order valence-corrected chi connectivity index (χ2v) is 3.63. The van der Waals surface area contributed by atoms with Crippen molar-refractivity contribution in [3.05, 3.63) is 40.9 Å². The Bertz CT molecular complexity index is 491. The van der Waals surface area contributed by atoms with E-state index in [0.29, 0.717) is 22.9 Å². The first-order chi connectivity index (χ1) is 8.67. The van der Waals surface area contributed by atoms with Gasteiger partial charge in [-0.15, -0.1) is 0 Å². The van der Waals surface area contributed by atoms with Crippen molar-refractivity contribution in [3.63, 3.8) is 0 Å². The lowest BCUT2D eigenvalue weighted by Gasteiger charge is -2.05. The van der Waals surface area contributed by atoms with Crippen LogP contribution >= 0.6 is 11.6 Å². The second kappa shape index (κ2) is 7.36. The molecular formula is C13H12ClNO3. The van der Waals surface area contributed by atoms with Gasteiger partial charge >= 0.3 is 5.97 Å². The molecule has 4 nitrogen and oxygen atoms in total. The highest BCUT2D eigenvalue weighted by Gasteiger charge is 2.02. The third kappa shape index (κ3) is 4.48. The van der Waals surface area contributed by atoms with Gasteiger partial charge < -0.3 is 9.47 Å². The Morgan fingerprint density at radius 2 is 2.33 bits per heavy atom. The zero-order chi connectivity index (χ0) is 13.4. The summed E-state index contributed by atoms with van der Waals surface area (Å²) in [5.74, 6) is 0.0520. The molecule has 1 aromatic rings. The highest BCUT2D eigenvalue weighted by Crippen LogP contribution is 2.25. The zero-order valence-corrected chi connectivity index (χ0v) is 10.6. The summed E-state index contributed by atoms with van der Waals surface area (Å²) < 4.78 is 10.0. The highest BCUT2D eigenvalue weighted by atomic mass is 35.5. The fraction of sp³-hybridized carbons (Fsp3) is 0.231. The molecule has 1 aromatic carbocycles. The largest absolute Gasteiger partial charge is 0.488 e. The number of carbonyl (C=O) groups is 1. The molecule has 18 heavy (non-hydrogen) atoms. The summed E-state index contributed by atoms with van der Waals surface area (Å²) in [7, 11) is 0. The molecule has 0 saturated carbocycles. The van der Waals surface area contributed by atoms with E-state index in [1.807, 2.05) is 6.07 Å². The summed E-state index contributed by atoms with van der Waals surface area (Å²) in [4.78, 5) is 11.0. The minimum Gasteiger partial charge on any atom is -0.488 e. The van der Waals surface area contributed by atoms with Gasteiger partial charge in [-0.2, -0.15) is 5.26 Å². The molecular weight excluding hydrogens is 254 g/mol. The summed E-state index contributed by atoms with van der Waals surface area (Å²) in [5.41, 5.74) is 0.467. The lowest BCUT2D eigenvalue weighted by atomic mass is 10.2. The van der Waals surface area contributed by atoms with E-state index in [1.165, 1.54) is 18.2 Å². The average Bonchev–Trinajstić information content (AvgIpc) is 2.36. The normalized spacial score (nSPS) is 10.1. The maximum absolute atomic E-state index is 11.0. The molecule has 0 spiro atoms. The van der Waals surface area contributed by atoms with E-state index >= 15 is 0 Å². The van der Waals surface area contributed by atoms with Crippen molar-refractivity contribution in [3.8, 4) is 11.8 Å². The minimum absolute atomic E-state index is 0.199. The van der Waals surface area contributed by atoms with Crippen LogP contribution in [0, 0.1) is 11.3 Å². The predicted molar refractivity (Wildman–Crippen MR) is 67.4 cm³/mol. The standard InChI is InChI=1S/C13H12ClNO3/c1-2-17-13(16)4-3-7-18-12-6-5-10(9-15)8-11(12)14/h3-6,8H,2,7H2,1H3/b4-3+. The van der Waals surface area contributed by atoms with Gasteiger partial charge in [-0.3, -0.25) is 0 Å². The Kier molecular flexibility index (Phi) is 5.75. The summed E-state index contributed by atoms with van der Waals surface area (Å²) in [6.07, 6.45) is 2.83. The number of halogens is 1. The van der Waals surface area contributed by atoms with Gasteiger partial charge in [0.15, 0.2) is 0 Å². The summed E-state index contributed by atoms with van der Waals surface area (Å²) in [6, 6.07) is 6.71. The molecule has 0 amide bonds. The molecule has 0 aliphatic heterocycles. The molecule has 94 valence electrons. The number of nitrogens with zero attached hydrogens (tertiary/aromatic N) is 1. The van der Waals surface area contributed by atoms with E-state index in [9.17, 15) is 4.79 Å². The fourth-order valence-electron chi connectivity index (χ4n) is 1.16. The van der Waals surface area contributed by atoms with E-state index in [-0.39, 0.29) is 6.61 Å². The molecule has 0 aromatic heterocycles. The lowest BCUT2D eigenvalue weighted by Crippen LogP contribution is -2.01. The van der Waals surface area contributed by atoms with E-state index < -0.39 is 5.97 Å². The average molecular weight is 266 g/mol. The summed E-state index contributed by atoms with van der Waals surface area (Å²) in [5, 5.41) is 9.03. The van der Waals surface area contributed by atoms with Gasteiger partial charge in [-0.05, 0) is 31.2 Å². The molecule has 0 aliphatic rings.